The van der Waals surface area contributed by atoms with Crippen LogP contribution in [0.15, 0.2) is 47.5 Å². The van der Waals surface area contributed by atoms with Gasteiger partial charge in [-0.05, 0) is 12.0 Å². The zero-order valence-corrected chi connectivity index (χ0v) is 9.84. The van der Waals surface area contributed by atoms with Crippen molar-refractivity contribution in [3.8, 4) is 0 Å². The second kappa shape index (κ2) is 5.97. The molecule has 1 atom stereocenters. The van der Waals surface area contributed by atoms with E-state index in [1.54, 1.807) is 0 Å². The monoisotopic (exact) mass is 245 g/mol. The van der Waals surface area contributed by atoms with Gasteiger partial charge in [-0.1, -0.05) is 30.3 Å². The Hall–Kier alpha value is -2.14. The third-order valence-corrected chi connectivity index (χ3v) is 2.58. The van der Waals surface area contributed by atoms with Crippen LogP contribution in [0.25, 0.3) is 0 Å². The van der Waals surface area contributed by atoms with Crippen molar-refractivity contribution in [1.29, 1.82) is 0 Å². The summed E-state index contributed by atoms with van der Waals surface area (Å²) in [5.41, 5.74) is 0.901. The Kier molecular flexibility index (Phi) is 4.09. The largest absolute Gasteiger partial charge is 0.394 e. The van der Waals surface area contributed by atoms with E-state index in [-0.39, 0.29) is 18.2 Å². The SMILES string of the molecule is O=c1cc(NC(CO)Cc2ccccc2)nc[nH]1. The summed E-state index contributed by atoms with van der Waals surface area (Å²) in [6.07, 6.45) is 2.01. The zero-order valence-electron chi connectivity index (χ0n) is 9.84. The molecule has 3 N–H and O–H groups in total. The molecule has 0 aliphatic rings. The number of aliphatic hydroxyl groups excluding tert-OH is 1. The molecule has 1 aromatic heterocycles. The first kappa shape index (κ1) is 12.3. The molecular formula is C13H15N3O2. The predicted octanol–water partition coefficient (Wildman–Crippen LogP) is 0.785. The molecule has 18 heavy (non-hydrogen) atoms. The molecule has 1 aromatic carbocycles. The summed E-state index contributed by atoms with van der Waals surface area (Å²) in [5.74, 6) is 0.466. The molecule has 0 radical (unpaired) electrons. The van der Waals surface area contributed by atoms with Gasteiger partial charge in [0.15, 0.2) is 0 Å². The first-order chi connectivity index (χ1) is 8.78. The lowest BCUT2D eigenvalue weighted by Crippen LogP contribution is -2.27. The van der Waals surface area contributed by atoms with Crippen LogP contribution < -0.4 is 10.9 Å². The van der Waals surface area contributed by atoms with Crippen LogP contribution in [0.2, 0.25) is 0 Å². The Balaban J connectivity index is 2.04. The fraction of sp³-hybridized carbons (Fsp3) is 0.231. The molecule has 0 bridgehead atoms. The molecule has 94 valence electrons. The summed E-state index contributed by atoms with van der Waals surface area (Å²) < 4.78 is 0. The molecule has 1 heterocycles. The van der Waals surface area contributed by atoms with Crippen molar-refractivity contribution in [2.75, 3.05) is 11.9 Å². The number of aliphatic hydroxyl groups is 1. The third-order valence-electron chi connectivity index (χ3n) is 2.58. The van der Waals surface area contributed by atoms with Crippen LogP contribution in [0, 0.1) is 0 Å². The molecule has 0 saturated carbocycles. The highest BCUT2D eigenvalue weighted by Crippen LogP contribution is 2.07. The Morgan fingerprint density at radius 3 is 2.78 bits per heavy atom. The van der Waals surface area contributed by atoms with E-state index in [2.05, 4.69) is 15.3 Å². The predicted molar refractivity (Wildman–Crippen MR) is 69.5 cm³/mol. The van der Waals surface area contributed by atoms with E-state index in [9.17, 15) is 9.90 Å². The minimum atomic E-state index is -0.219. The highest BCUT2D eigenvalue weighted by atomic mass is 16.3. The number of hydrogen-bond acceptors (Lipinski definition) is 4. The summed E-state index contributed by atoms with van der Waals surface area (Å²) in [5, 5.41) is 12.4. The Bertz CT molecular complexity index is 539. The molecule has 2 rings (SSSR count). The van der Waals surface area contributed by atoms with E-state index >= 15 is 0 Å². The normalized spacial score (nSPS) is 12.1. The van der Waals surface area contributed by atoms with E-state index in [1.807, 2.05) is 30.3 Å². The van der Waals surface area contributed by atoms with Gasteiger partial charge in [-0.3, -0.25) is 4.79 Å². The van der Waals surface area contributed by atoms with Crippen molar-refractivity contribution >= 4 is 5.82 Å². The third kappa shape index (κ3) is 3.43. The number of benzene rings is 1. The smallest absolute Gasteiger partial charge is 0.252 e. The number of nitrogens with zero attached hydrogens (tertiary/aromatic N) is 1. The van der Waals surface area contributed by atoms with Gasteiger partial charge >= 0.3 is 0 Å². The van der Waals surface area contributed by atoms with Crippen molar-refractivity contribution in [2.45, 2.75) is 12.5 Å². The number of hydrogen-bond donors (Lipinski definition) is 3. The minimum Gasteiger partial charge on any atom is -0.394 e. The number of anilines is 1. The highest BCUT2D eigenvalue weighted by molar-refractivity contribution is 5.34. The van der Waals surface area contributed by atoms with Gasteiger partial charge in [0.2, 0.25) is 0 Å². The molecule has 2 aromatic rings. The second-order valence-electron chi connectivity index (χ2n) is 4.01. The van der Waals surface area contributed by atoms with Crippen LogP contribution in [-0.4, -0.2) is 27.7 Å². The van der Waals surface area contributed by atoms with Crippen molar-refractivity contribution < 1.29 is 5.11 Å². The Morgan fingerprint density at radius 1 is 1.33 bits per heavy atom. The van der Waals surface area contributed by atoms with Crippen LogP contribution in [0.3, 0.4) is 0 Å². The summed E-state index contributed by atoms with van der Waals surface area (Å²) in [7, 11) is 0. The van der Waals surface area contributed by atoms with Gasteiger partial charge in [0, 0.05) is 6.07 Å². The van der Waals surface area contributed by atoms with Gasteiger partial charge in [-0.15, -0.1) is 0 Å². The number of aromatic nitrogens is 2. The molecule has 0 saturated heterocycles. The number of nitrogens with one attached hydrogen (secondary N) is 2. The molecule has 0 fully saturated rings. The molecule has 0 amide bonds. The minimum absolute atomic E-state index is 0.0244. The lowest BCUT2D eigenvalue weighted by atomic mass is 10.1. The van der Waals surface area contributed by atoms with Gasteiger partial charge in [0.05, 0.1) is 19.0 Å². The second-order valence-corrected chi connectivity index (χ2v) is 4.01. The number of H-pyrrole nitrogens is 1. The van der Waals surface area contributed by atoms with Crippen molar-refractivity contribution in [3.63, 3.8) is 0 Å². The lowest BCUT2D eigenvalue weighted by Gasteiger charge is -2.16. The maximum absolute atomic E-state index is 11.1. The Morgan fingerprint density at radius 2 is 2.11 bits per heavy atom. The average molecular weight is 245 g/mol. The maximum atomic E-state index is 11.1. The summed E-state index contributed by atoms with van der Waals surface area (Å²) in [4.78, 5) is 17.6. The van der Waals surface area contributed by atoms with Crippen molar-refractivity contribution in [3.05, 3.63) is 58.6 Å². The zero-order chi connectivity index (χ0) is 12.8. The van der Waals surface area contributed by atoms with Crippen LogP contribution >= 0.6 is 0 Å². The van der Waals surface area contributed by atoms with E-state index in [0.717, 1.165) is 5.56 Å². The van der Waals surface area contributed by atoms with Gasteiger partial charge in [0.1, 0.15) is 5.82 Å². The molecule has 0 aliphatic carbocycles. The fourth-order valence-corrected chi connectivity index (χ4v) is 1.72. The first-order valence-corrected chi connectivity index (χ1v) is 5.74. The van der Waals surface area contributed by atoms with E-state index in [0.29, 0.717) is 12.2 Å². The van der Waals surface area contributed by atoms with E-state index in [4.69, 9.17) is 0 Å². The molecule has 5 nitrogen and oxygen atoms in total. The standard InChI is InChI=1S/C13H15N3O2/c17-8-11(6-10-4-2-1-3-5-10)16-12-7-13(18)15-9-14-12/h1-5,7,9,11,17H,6,8H2,(H2,14,15,16,18). The van der Waals surface area contributed by atoms with E-state index in [1.165, 1.54) is 12.4 Å². The fourth-order valence-electron chi connectivity index (χ4n) is 1.72. The van der Waals surface area contributed by atoms with Crippen LogP contribution in [0.1, 0.15) is 5.56 Å². The molecule has 0 spiro atoms. The van der Waals surface area contributed by atoms with E-state index < -0.39 is 0 Å². The number of rotatable bonds is 5. The molecule has 1 unspecified atom stereocenters. The molecular weight excluding hydrogens is 230 g/mol. The molecule has 5 heteroatoms. The first-order valence-electron chi connectivity index (χ1n) is 5.74. The molecule has 0 aliphatic heterocycles. The summed E-state index contributed by atoms with van der Waals surface area (Å²) in [6.45, 7) is -0.0244. The highest BCUT2D eigenvalue weighted by Gasteiger charge is 2.09. The van der Waals surface area contributed by atoms with Crippen LogP contribution in [-0.2, 0) is 6.42 Å². The summed E-state index contributed by atoms with van der Waals surface area (Å²) >= 11 is 0. The van der Waals surface area contributed by atoms with Crippen molar-refractivity contribution in [1.82, 2.24) is 9.97 Å². The number of aromatic amines is 1. The van der Waals surface area contributed by atoms with Crippen molar-refractivity contribution in [2.24, 2.45) is 0 Å². The maximum Gasteiger partial charge on any atom is 0.252 e. The van der Waals surface area contributed by atoms with Crippen LogP contribution in [0.5, 0.6) is 0 Å². The van der Waals surface area contributed by atoms with Crippen LogP contribution in [0.4, 0.5) is 5.82 Å². The van der Waals surface area contributed by atoms with Gasteiger partial charge in [-0.2, -0.15) is 0 Å². The lowest BCUT2D eigenvalue weighted by molar-refractivity contribution is 0.273. The average Bonchev–Trinajstić information content (AvgIpc) is 2.39. The van der Waals surface area contributed by atoms with Gasteiger partial charge < -0.3 is 15.4 Å². The van der Waals surface area contributed by atoms with Gasteiger partial charge in [-0.25, -0.2) is 4.98 Å². The summed E-state index contributed by atoms with van der Waals surface area (Å²) in [6, 6.07) is 11.0. The Labute approximate surface area is 105 Å². The quantitative estimate of drug-likeness (QED) is 0.727. The van der Waals surface area contributed by atoms with Gasteiger partial charge in [0.25, 0.3) is 5.56 Å². The topological polar surface area (TPSA) is 78.0 Å².